The van der Waals surface area contributed by atoms with Gasteiger partial charge in [0.25, 0.3) is 0 Å². The van der Waals surface area contributed by atoms with E-state index in [4.69, 9.17) is 0 Å². The highest BCUT2D eigenvalue weighted by atomic mass is 14.9. The number of aryl methyl sites for hydroxylation is 1. The van der Waals surface area contributed by atoms with Crippen molar-refractivity contribution in [1.82, 2.24) is 5.32 Å². The molecule has 0 spiro atoms. The Labute approximate surface area is 81.2 Å². The lowest BCUT2D eigenvalue weighted by Crippen LogP contribution is -2.14. The van der Waals surface area contributed by atoms with Crippen LogP contribution in [0.5, 0.6) is 0 Å². The monoisotopic (exact) mass is 177 g/mol. The quantitative estimate of drug-likeness (QED) is 0.745. The second-order valence-electron chi connectivity index (χ2n) is 3.34. The lowest BCUT2D eigenvalue weighted by Gasteiger charge is -2.14. The van der Waals surface area contributed by atoms with Gasteiger partial charge in [-0.15, -0.1) is 0 Å². The van der Waals surface area contributed by atoms with Crippen molar-refractivity contribution in [1.29, 1.82) is 0 Å². The lowest BCUT2D eigenvalue weighted by atomic mass is 10.0. The van der Waals surface area contributed by atoms with E-state index in [2.05, 4.69) is 43.4 Å². The van der Waals surface area contributed by atoms with Crippen LogP contribution in [0, 0.1) is 0 Å². The molecule has 0 aliphatic heterocycles. The van der Waals surface area contributed by atoms with Gasteiger partial charge in [0.1, 0.15) is 0 Å². The number of benzene rings is 1. The maximum Gasteiger partial charge on any atom is 0.0314 e. The van der Waals surface area contributed by atoms with Gasteiger partial charge in [0.15, 0.2) is 0 Å². The van der Waals surface area contributed by atoms with Crippen LogP contribution >= 0.6 is 0 Å². The first-order valence-corrected chi connectivity index (χ1v) is 5.07. The number of rotatable bonds is 4. The number of hydrogen-bond acceptors (Lipinski definition) is 1. The zero-order valence-corrected chi connectivity index (χ0v) is 8.80. The van der Waals surface area contributed by atoms with E-state index < -0.39 is 0 Å². The summed E-state index contributed by atoms with van der Waals surface area (Å²) in [6, 6.07) is 9.39. The summed E-state index contributed by atoms with van der Waals surface area (Å²) in [7, 11) is 2.02. The highest BCUT2D eigenvalue weighted by Crippen LogP contribution is 2.16. The highest BCUT2D eigenvalue weighted by Gasteiger charge is 2.04. The third-order valence-electron chi connectivity index (χ3n) is 2.55. The predicted octanol–water partition coefficient (Wildman–Crippen LogP) is 2.92. The summed E-state index contributed by atoms with van der Waals surface area (Å²) in [5.74, 6) is 0. The van der Waals surface area contributed by atoms with Crippen molar-refractivity contribution in [2.24, 2.45) is 0 Å². The SMILES string of the molecule is CCc1ccc(C(CC)NC)cc1. The van der Waals surface area contributed by atoms with Crippen molar-refractivity contribution in [3.05, 3.63) is 35.4 Å². The first-order chi connectivity index (χ1) is 6.31. The van der Waals surface area contributed by atoms with Crippen LogP contribution in [-0.2, 0) is 6.42 Å². The Balaban J connectivity index is 2.78. The Morgan fingerprint density at radius 1 is 1.15 bits per heavy atom. The maximum absolute atomic E-state index is 3.31. The smallest absolute Gasteiger partial charge is 0.0314 e. The van der Waals surface area contributed by atoms with Crippen molar-refractivity contribution in [2.45, 2.75) is 32.7 Å². The fourth-order valence-electron chi connectivity index (χ4n) is 1.59. The average Bonchev–Trinajstić information content (AvgIpc) is 2.21. The molecule has 0 heterocycles. The van der Waals surface area contributed by atoms with Crippen molar-refractivity contribution < 1.29 is 0 Å². The highest BCUT2D eigenvalue weighted by molar-refractivity contribution is 5.24. The minimum atomic E-state index is 0.505. The molecule has 1 unspecified atom stereocenters. The fourth-order valence-corrected chi connectivity index (χ4v) is 1.59. The summed E-state index contributed by atoms with van der Waals surface area (Å²) < 4.78 is 0. The van der Waals surface area contributed by atoms with Crippen molar-refractivity contribution in [3.8, 4) is 0 Å². The molecular weight excluding hydrogens is 158 g/mol. The van der Waals surface area contributed by atoms with E-state index in [9.17, 15) is 0 Å². The van der Waals surface area contributed by atoms with Crippen LogP contribution in [0.25, 0.3) is 0 Å². The van der Waals surface area contributed by atoms with Crippen LogP contribution in [0.15, 0.2) is 24.3 Å². The summed E-state index contributed by atoms with van der Waals surface area (Å²) in [4.78, 5) is 0. The van der Waals surface area contributed by atoms with Gasteiger partial charge in [-0.25, -0.2) is 0 Å². The molecule has 1 aromatic rings. The normalized spacial score (nSPS) is 12.8. The molecular formula is C12H19N. The van der Waals surface area contributed by atoms with Crippen LogP contribution < -0.4 is 5.32 Å². The van der Waals surface area contributed by atoms with Gasteiger partial charge in [0.2, 0.25) is 0 Å². The summed E-state index contributed by atoms with van der Waals surface area (Å²) in [6.45, 7) is 4.39. The lowest BCUT2D eigenvalue weighted by molar-refractivity contribution is 0.577. The topological polar surface area (TPSA) is 12.0 Å². The second kappa shape index (κ2) is 5.03. The third-order valence-corrected chi connectivity index (χ3v) is 2.55. The Morgan fingerprint density at radius 3 is 2.15 bits per heavy atom. The van der Waals surface area contributed by atoms with Gasteiger partial charge in [0.05, 0.1) is 0 Å². The van der Waals surface area contributed by atoms with E-state index in [0.717, 1.165) is 12.8 Å². The van der Waals surface area contributed by atoms with E-state index in [1.54, 1.807) is 0 Å². The minimum Gasteiger partial charge on any atom is -0.313 e. The van der Waals surface area contributed by atoms with Gasteiger partial charge in [-0.05, 0) is 31.0 Å². The third kappa shape index (κ3) is 2.56. The van der Waals surface area contributed by atoms with E-state index in [0.29, 0.717) is 6.04 Å². The Kier molecular flexibility index (Phi) is 3.97. The first kappa shape index (κ1) is 10.3. The zero-order chi connectivity index (χ0) is 9.68. The van der Waals surface area contributed by atoms with E-state index in [-0.39, 0.29) is 0 Å². The molecule has 0 saturated carbocycles. The maximum atomic E-state index is 3.31. The summed E-state index contributed by atoms with van der Waals surface area (Å²) in [6.07, 6.45) is 2.26. The van der Waals surface area contributed by atoms with Crippen LogP contribution in [-0.4, -0.2) is 7.05 Å². The number of nitrogens with one attached hydrogen (secondary N) is 1. The molecule has 0 aliphatic carbocycles. The standard InChI is InChI=1S/C12H19N/c1-4-10-6-8-11(9-7-10)12(5-2)13-3/h6-9,12-13H,4-5H2,1-3H3. The van der Waals surface area contributed by atoms with Crippen LogP contribution in [0.4, 0.5) is 0 Å². The van der Waals surface area contributed by atoms with Gasteiger partial charge in [0, 0.05) is 6.04 Å². The summed E-state index contributed by atoms with van der Waals surface area (Å²) >= 11 is 0. The van der Waals surface area contributed by atoms with Gasteiger partial charge in [-0.3, -0.25) is 0 Å². The summed E-state index contributed by atoms with van der Waals surface area (Å²) in [5.41, 5.74) is 2.80. The van der Waals surface area contributed by atoms with E-state index in [1.807, 2.05) is 7.05 Å². The Morgan fingerprint density at radius 2 is 1.77 bits per heavy atom. The molecule has 13 heavy (non-hydrogen) atoms. The molecule has 0 radical (unpaired) electrons. The Hall–Kier alpha value is -0.820. The minimum absolute atomic E-state index is 0.505. The van der Waals surface area contributed by atoms with Gasteiger partial charge >= 0.3 is 0 Å². The molecule has 0 fully saturated rings. The van der Waals surface area contributed by atoms with Crippen molar-refractivity contribution in [3.63, 3.8) is 0 Å². The molecule has 1 N–H and O–H groups in total. The fraction of sp³-hybridized carbons (Fsp3) is 0.500. The number of hydrogen-bond donors (Lipinski definition) is 1. The molecule has 72 valence electrons. The van der Waals surface area contributed by atoms with Crippen molar-refractivity contribution >= 4 is 0 Å². The van der Waals surface area contributed by atoms with Crippen LogP contribution in [0.3, 0.4) is 0 Å². The molecule has 1 heteroatoms. The molecule has 1 nitrogen and oxygen atoms in total. The largest absolute Gasteiger partial charge is 0.313 e. The second-order valence-corrected chi connectivity index (χ2v) is 3.34. The molecule has 0 aromatic heterocycles. The molecule has 0 bridgehead atoms. The van der Waals surface area contributed by atoms with E-state index >= 15 is 0 Å². The molecule has 0 aliphatic rings. The summed E-state index contributed by atoms with van der Waals surface area (Å²) in [5, 5.41) is 3.31. The van der Waals surface area contributed by atoms with Gasteiger partial charge in [-0.2, -0.15) is 0 Å². The average molecular weight is 177 g/mol. The molecule has 0 saturated heterocycles. The molecule has 1 rings (SSSR count). The van der Waals surface area contributed by atoms with E-state index in [1.165, 1.54) is 11.1 Å². The zero-order valence-electron chi connectivity index (χ0n) is 8.80. The van der Waals surface area contributed by atoms with Crippen LogP contribution in [0.2, 0.25) is 0 Å². The van der Waals surface area contributed by atoms with Gasteiger partial charge < -0.3 is 5.32 Å². The first-order valence-electron chi connectivity index (χ1n) is 5.07. The van der Waals surface area contributed by atoms with Gasteiger partial charge in [-0.1, -0.05) is 38.1 Å². The van der Waals surface area contributed by atoms with Crippen molar-refractivity contribution in [2.75, 3.05) is 7.05 Å². The predicted molar refractivity (Wildman–Crippen MR) is 57.9 cm³/mol. The Bertz CT molecular complexity index is 234. The van der Waals surface area contributed by atoms with Crippen LogP contribution in [0.1, 0.15) is 37.4 Å². The molecule has 0 amide bonds. The molecule has 1 aromatic carbocycles. The molecule has 1 atom stereocenters.